The van der Waals surface area contributed by atoms with Gasteiger partial charge in [0, 0.05) is 30.9 Å². The third-order valence-corrected chi connectivity index (χ3v) is 2.64. The van der Waals surface area contributed by atoms with Crippen LogP contribution in [0.5, 0.6) is 5.88 Å². The van der Waals surface area contributed by atoms with Crippen LogP contribution in [0.3, 0.4) is 0 Å². The molecule has 0 bridgehead atoms. The third-order valence-electron chi connectivity index (χ3n) is 2.64. The molecule has 2 rings (SSSR count). The molecule has 94 valence electrons. The second-order valence-electron chi connectivity index (χ2n) is 4.04. The Bertz CT molecular complexity index is 365. The Morgan fingerprint density at radius 2 is 2.18 bits per heavy atom. The maximum absolute atomic E-state index is 5.79. The first-order valence-electron chi connectivity index (χ1n) is 6.02. The van der Waals surface area contributed by atoms with Crippen LogP contribution in [0, 0.1) is 0 Å². The number of anilines is 2. The van der Waals surface area contributed by atoms with E-state index in [1.54, 1.807) is 0 Å². The molecule has 1 aliphatic rings. The summed E-state index contributed by atoms with van der Waals surface area (Å²) < 4.78 is 10.8. The van der Waals surface area contributed by atoms with E-state index in [2.05, 4.69) is 16.8 Å². The minimum Gasteiger partial charge on any atom is -0.478 e. The quantitative estimate of drug-likeness (QED) is 0.855. The summed E-state index contributed by atoms with van der Waals surface area (Å²) in [5.74, 6) is 1.11. The Labute approximate surface area is 102 Å². The first-order chi connectivity index (χ1) is 8.29. The molecule has 0 aromatic carbocycles. The molecule has 0 spiro atoms. The summed E-state index contributed by atoms with van der Waals surface area (Å²) in [6.45, 7) is 6.02. The molecule has 0 atom stereocenters. The van der Waals surface area contributed by atoms with E-state index in [0.29, 0.717) is 18.3 Å². The van der Waals surface area contributed by atoms with Crippen LogP contribution in [0.25, 0.3) is 0 Å². The lowest BCUT2D eigenvalue weighted by Gasteiger charge is -2.29. The Morgan fingerprint density at radius 1 is 1.41 bits per heavy atom. The molecule has 17 heavy (non-hydrogen) atoms. The van der Waals surface area contributed by atoms with Crippen LogP contribution in [0.4, 0.5) is 11.5 Å². The van der Waals surface area contributed by atoms with Gasteiger partial charge in [0.15, 0.2) is 0 Å². The highest BCUT2D eigenvalue weighted by Gasteiger charge is 2.13. The van der Waals surface area contributed by atoms with Gasteiger partial charge in [-0.25, -0.2) is 0 Å². The maximum atomic E-state index is 5.79. The topological polar surface area (TPSA) is 60.6 Å². The van der Waals surface area contributed by atoms with E-state index in [9.17, 15) is 0 Å². The Kier molecular flexibility index (Phi) is 4.03. The molecule has 1 aliphatic heterocycles. The van der Waals surface area contributed by atoms with Crippen LogP contribution < -0.4 is 15.4 Å². The van der Waals surface area contributed by atoms with Crippen molar-refractivity contribution in [1.29, 1.82) is 0 Å². The summed E-state index contributed by atoms with van der Waals surface area (Å²) in [6.07, 6.45) is 0.962. The molecule has 0 saturated carbocycles. The largest absolute Gasteiger partial charge is 0.478 e. The molecular weight excluding hydrogens is 218 g/mol. The number of pyridine rings is 1. The average Bonchev–Trinajstić information content (AvgIpc) is 2.37. The van der Waals surface area contributed by atoms with Crippen molar-refractivity contribution in [2.24, 2.45) is 0 Å². The van der Waals surface area contributed by atoms with Crippen molar-refractivity contribution in [2.45, 2.75) is 13.3 Å². The Morgan fingerprint density at radius 3 is 2.88 bits per heavy atom. The zero-order valence-corrected chi connectivity index (χ0v) is 10.2. The van der Waals surface area contributed by atoms with Gasteiger partial charge in [-0.3, -0.25) is 0 Å². The molecule has 0 aliphatic carbocycles. The van der Waals surface area contributed by atoms with Gasteiger partial charge in [-0.15, -0.1) is 0 Å². The molecule has 0 amide bonds. The standard InChI is InChI=1S/C12H19N3O2/c1-2-5-17-12-9-10(8-11(13)14-12)15-3-6-16-7-4-15/h8-9H,2-7H2,1H3,(H2,13,14). The zero-order chi connectivity index (χ0) is 12.1. The molecule has 2 heterocycles. The Balaban J connectivity index is 2.12. The van der Waals surface area contributed by atoms with Crippen LogP contribution >= 0.6 is 0 Å². The monoisotopic (exact) mass is 237 g/mol. The molecule has 0 unspecified atom stereocenters. The number of hydrogen-bond donors (Lipinski definition) is 1. The van der Waals surface area contributed by atoms with Crippen molar-refractivity contribution in [3.8, 4) is 5.88 Å². The van der Waals surface area contributed by atoms with E-state index < -0.39 is 0 Å². The molecule has 0 radical (unpaired) electrons. The highest BCUT2D eigenvalue weighted by atomic mass is 16.5. The van der Waals surface area contributed by atoms with Crippen molar-refractivity contribution in [1.82, 2.24) is 4.98 Å². The first kappa shape index (κ1) is 12.0. The smallest absolute Gasteiger partial charge is 0.217 e. The molecule has 2 N–H and O–H groups in total. The summed E-state index contributed by atoms with van der Waals surface area (Å²) >= 11 is 0. The van der Waals surface area contributed by atoms with Crippen LogP contribution in [0.2, 0.25) is 0 Å². The fourth-order valence-electron chi connectivity index (χ4n) is 1.80. The second kappa shape index (κ2) is 5.72. The summed E-state index contributed by atoms with van der Waals surface area (Å²) in [7, 11) is 0. The van der Waals surface area contributed by atoms with Gasteiger partial charge >= 0.3 is 0 Å². The third kappa shape index (κ3) is 3.23. The van der Waals surface area contributed by atoms with Gasteiger partial charge in [0.1, 0.15) is 5.82 Å². The van der Waals surface area contributed by atoms with Gasteiger partial charge in [0.2, 0.25) is 5.88 Å². The second-order valence-corrected chi connectivity index (χ2v) is 4.04. The predicted molar refractivity (Wildman–Crippen MR) is 67.5 cm³/mol. The minimum atomic E-state index is 0.500. The fourth-order valence-corrected chi connectivity index (χ4v) is 1.80. The molecule has 5 nitrogen and oxygen atoms in total. The number of nitrogens with two attached hydrogens (primary N) is 1. The van der Waals surface area contributed by atoms with E-state index in [-0.39, 0.29) is 0 Å². The summed E-state index contributed by atoms with van der Waals surface area (Å²) in [5, 5.41) is 0. The van der Waals surface area contributed by atoms with Gasteiger partial charge in [0.05, 0.1) is 19.8 Å². The zero-order valence-electron chi connectivity index (χ0n) is 10.2. The summed E-state index contributed by atoms with van der Waals surface area (Å²) in [5.41, 5.74) is 6.85. The van der Waals surface area contributed by atoms with Gasteiger partial charge in [-0.2, -0.15) is 4.98 Å². The molecular formula is C12H19N3O2. The van der Waals surface area contributed by atoms with Crippen molar-refractivity contribution in [3.05, 3.63) is 12.1 Å². The minimum absolute atomic E-state index is 0.500. The van der Waals surface area contributed by atoms with Crippen molar-refractivity contribution < 1.29 is 9.47 Å². The SMILES string of the molecule is CCCOc1cc(N2CCOCC2)cc(N)n1. The van der Waals surface area contributed by atoms with E-state index in [1.165, 1.54) is 0 Å². The highest BCUT2D eigenvalue weighted by molar-refractivity contribution is 5.55. The van der Waals surface area contributed by atoms with E-state index in [1.807, 2.05) is 12.1 Å². The van der Waals surface area contributed by atoms with Crippen LogP contribution in [0.15, 0.2) is 12.1 Å². The van der Waals surface area contributed by atoms with E-state index >= 15 is 0 Å². The highest BCUT2D eigenvalue weighted by Crippen LogP contribution is 2.23. The van der Waals surface area contributed by atoms with E-state index in [4.69, 9.17) is 15.2 Å². The predicted octanol–water partition coefficient (Wildman–Crippen LogP) is 1.29. The first-order valence-corrected chi connectivity index (χ1v) is 6.02. The lowest BCUT2D eigenvalue weighted by atomic mass is 10.3. The number of ether oxygens (including phenoxy) is 2. The van der Waals surface area contributed by atoms with Crippen molar-refractivity contribution >= 4 is 11.5 Å². The summed E-state index contributed by atoms with van der Waals surface area (Å²) in [4.78, 5) is 6.40. The van der Waals surface area contributed by atoms with Gasteiger partial charge in [-0.1, -0.05) is 6.92 Å². The normalized spacial score (nSPS) is 15.9. The summed E-state index contributed by atoms with van der Waals surface area (Å²) in [6, 6.07) is 3.82. The molecule has 5 heteroatoms. The number of rotatable bonds is 4. The number of aromatic nitrogens is 1. The number of morpholine rings is 1. The van der Waals surface area contributed by atoms with Crippen LogP contribution in [-0.4, -0.2) is 37.9 Å². The van der Waals surface area contributed by atoms with Crippen molar-refractivity contribution in [3.63, 3.8) is 0 Å². The fraction of sp³-hybridized carbons (Fsp3) is 0.583. The average molecular weight is 237 g/mol. The van der Waals surface area contributed by atoms with Crippen LogP contribution in [0.1, 0.15) is 13.3 Å². The lowest BCUT2D eigenvalue weighted by Crippen LogP contribution is -2.36. The number of nitrogen functional groups attached to an aromatic ring is 1. The van der Waals surface area contributed by atoms with Crippen LogP contribution in [-0.2, 0) is 4.74 Å². The number of nitrogens with zero attached hydrogens (tertiary/aromatic N) is 2. The van der Waals surface area contributed by atoms with Crippen molar-refractivity contribution in [2.75, 3.05) is 43.5 Å². The van der Waals surface area contributed by atoms with E-state index in [0.717, 1.165) is 38.4 Å². The molecule has 1 saturated heterocycles. The molecule has 1 aromatic heterocycles. The Hall–Kier alpha value is -1.49. The van der Waals surface area contributed by atoms with Gasteiger partial charge < -0.3 is 20.1 Å². The maximum Gasteiger partial charge on any atom is 0.217 e. The lowest BCUT2D eigenvalue weighted by molar-refractivity contribution is 0.122. The van der Waals surface area contributed by atoms with Gasteiger partial charge in [-0.05, 0) is 6.42 Å². The number of hydrogen-bond acceptors (Lipinski definition) is 5. The molecule has 1 aromatic rings. The van der Waals surface area contributed by atoms with Gasteiger partial charge in [0.25, 0.3) is 0 Å². The molecule has 1 fully saturated rings.